The fourth-order valence-electron chi connectivity index (χ4n) is 2.36. The first-order chi connectivity index (χ1) is 8.38. The van der Waals surface area contributed by atoms with Crippen LogP contribution in [0.5, 0.6) is 0 Å². The molecule has 0 aliphatic heterocycles. The molecule has 0 spiro atoms. The molecule has 0 heterocycles. The van der Waals surface area contributed by atoms with Crippen LogP contribution in [0.15, 0.2) is 42.5 Å². The summed E-state index contributed by atoms with van der Waals surface area (Å²) in [5.74, 6) is 0.797. The molecule has 0 nitrogen and oxygen atoms in total. The molecular weight excluding hydrogens is 204 g/mol. The average molecular weight is 221 g/mol. The number of rotatable bonds is 3. The number of hydrogen-bond acceptors (Lipinski definition) is 0. The van der Waals surface area contributed by atoms with E-state index in [1.165, 1.54) is 35.1 Å². The van der Waals surface area contributed by atoms with E-state index in [0.29, 0.717) is 0 Å². The highest BCUT2D eigenvalue weighted by Gasteiger charge is 2.23. The summed E-state index contributed by atoms with van der Waals surface area (Å²) in [6, 6.07) is 18.8. The van der Waals surface area contributed by atoms with Gasteiger partial charge in [-0.2, -0.15) is 0 Å². The first kappa shape index (κ1) is 10.6. The van der Waals surface area contributed by atoms with Gasteiger partial charge >= 0.3 is 0 Å². The fraction of sp³-hybridized carbons (Fsp3) is 0.294. The second-order valence-corrected chi connectivity index (χ2v) is 4.82. The maximum atomic E-state index is 3.45. The molecule has 0 saturated heterocycles. The Labute approximate surface area is 103 Å². The van der Waals surface area contributed by atoms with Crippen LogP contribution in [-0.4, -0.2) is 0 Å². The van der Waals surface area contributed by atoms with E-state index in [1.807, 2.05) is 0 Å². The monoisotopic (exact) mass is 221 g/mol. The van der Waals surface area contributed by atoms with E-state index in [4.69, 9.17) is 0 Å². The lowest BCUT2D eigenvalue weighted by atomic mass is 9.97. The van der Waals surface area contributed by atoms with Crippen LogP contribution in [0, 0.1) is 6.07 Å². The van der Waals surface area contributed by atoms with E-state index in [-0.39, 0.29) is 0 Å². The Morgan fingerprint density at radius 2 is 1.94 bits per heavy atom. The van der Waals surface area contributed by atoms with Gasteiger partial charge in [-0.05, 0) is 59.6 Å². The van der Waals surface area contributed by atoms with Crippen molar-refractivity contribution in [2.45, 2.75) is 32.1 Å². The molecule has 17 heavy (non-hydrogen) atoms. The van der Waals surface area contributed by atoms with Crippen molar-refractivity contribution in [3.8, 4) is 11.1 Å². The maximum absolute atomic E-state index is 3.45. The van der Waals surface area contributed by atoms with Gasteiger partial charge in [0.15, 0.2) is 0 Å². The first-order valence-corrected chi connectivity index (χ1v) is 6.48. The summed E-state index contributed by atoms with van der Waals surface area (Å²) in [5, 5.41) is 0. The Bertz CT molecular complexity index is 504. The minimum absolute atomic E-state index is 0.797. The van der Waals surface area contributed by atoms with Gasteiger partial charge in [-0.25, -0.2) is 0 Å². The van der Waals surface area contributed by atoms with Crippen LogP contribution in [0.2, 0.25) is 0 Å². The highest BCUT2D eigenvalue weighted by molar-refractivity contribution is 5.67. The smallest absolute Gasteiger partial charge is 0.0140 e. The molecule has 1 radical (unpaired) electrons. The summed E-state index contributed by atoms with van der Waals surface area (Å²) >= 11 is 0. The molecule has 0 aromatic heterocycles. The van der Waals surface area contributed by atoms with Gasteiger partial charge in [0.25, 0.3) is 0 Å². The highest BCUT2D eigenvalue weighted by Crippen LogP contribution is 2.40. The van der Waals surface area contributed by atoms with E-state index < -0.39 is 0 Å². The third kappa shape index (κ3) is 2.12. The Balaban J connectivity index is 1.96. The molecule has 0 unspecified atom stereocenters. The Morgan fingerprint density at radius 3 is 2.59 bits per heavy atom. The van der Waals surface area contributed by atoms with Crippen molar-refractivity contribution in [3.63, 3.8) is 0 Å². The van der Waals surface area contributed by atoms with Gasteiger partial charge in [-0.3, -0.25) is 0 Å². The summed E-state index contributed by atoms with van der Waals surface area (Å²) in [6.45, 7) is 2.21. The van der Waals surface area contributed by atoms with Crippen LogP contribution >= 0.6 is 0 Å². The zero-order valence-electron chi connectivity index (χ0n) is 10.2. The van der Waals surface area contributed by atoms with E-state index >= 15 is 0 Å². The van der Waals surface area contributed by atoms with Crippen molar-refractivity contribution in [1.29, 1.82) is 0 Å². The molecule has 1 saturated carbocycles. The molecule has 3 rings (SSSR count). The van der Waals surface area contributed by atoms with Crippen molar-refractivity contribution in [3.05, 3.63) is 59.7 Å². The Morgan fingerprint density at radius 1 is 1.12 bits per heavy atom. The predicted molar refractivity (Wildman–Crippen MR) is 72.1 cm³/mol. The van der Waals surface area contributed by atoms with Crippen molar-refractivity contribution in [2.24, 2.45) is 0 Å². The lowest BCUT2D eigenvalue weighted by Gasteiger charge is -2.08. The summed E-state index contributed by atoms with van der Waals surface area (Å²) < 4.78 is 0. The van der Waals surface area contributed by atoms with Gasteiger partial charge < -0.3 is 0 Å². The van der Waals surface area contributed by atoms with Crippen LogP contribution in [-0.2, 0) is 6.42 Å². The number of hydrogen-bond donors (Lipinski definition) is 0. The molecule has 0 amide bonds. The van der Waals surface area contributed by atoms with Gasteiger partial charge in [0, 0.05) is 0 Å². The Hall–Kier alpha value is -1.56. The highest BCUT2D eigenvalue weighted by atomic mass is 14.3. The number of benzene rings is 2. The molecule has 0 bridgehead atoms. The van der Waals surface area contributed by atoms with Gasteiger partial charge in [0.05, 0.1) is 0 Å². The third-order valence-corrected chi connectivity index (χ3v) is 3.56. The van der Waals surface area contributed by atoms with Gasteiger partial charge in [-0.15, -0.1) is 0 Å². The molecule has 0 heteroatoms. The molecule has 1 fully saturated rings. The molecule has 2 aromatic rings. The number of aryl methyl sites for hydroxylation is 1. The zero-order chi connectivity index (χ0) is 11.7. The van der Waals surface area contributed by atoms with Crippen molar-refractivity contribution < 1.29 is 0 Å². The predicted octanol–water partition coefficient (Wildman–Crippen LogP) is 4.59. The van der Waals surface area contributed by atoms with Crippen LogP contribution < -0.4 is 0 Å². The average Bonchev–Trinajstić information content (AvgIpc) is 3.23. The van der Waals surface area contributed by atoms with Crippen LogP contribution in [0.25, 0.3) is 11.1 Å². The maximum Gasteiger partial charge on any atom is -0.0140 e. The molecule has 2 aromatic carbocycles. The van der Waals surface area contributed by atoms with Gasteiger partial charge in [0.1, 0.15) is 0 Å². The van der Waals surface area contributed by atoms with E-state index in [9.17, 15) is 0 Å². The molecule has 85 valence electrons. The van der Waals surface area contributed by atoms with Crippen molar-refractivity contribution in [1.82, 2.24) is 0 Å². The fourth-order valence-corrected chi connectivity index (χ4v) is 2.36. The summed E-state index contributed by atoms with van der Waals surface area (Å²) in [5.41, 5.74) is 5.46. The Kier molecular flexibility index (Phi) is 2.72. The zero-order valence-corrected chi connectivity index (χ0v) is 10.2. The second-order valence-electron chi connectivity index (χ2n) is 4.82. The molecule has 0 N–H and O–H groups in total. The van der Waals surface area contributed by atoms with Crippen molar-refractivity contribution >= 4 is 0 Å². The van der Waals surface area contributed by atoms with Crippen molar-refractivity contribution in [2.75, 3.05) is 0 Å². The lowest BCUT2D eigenvalue weighted by molar-refractivity contribution is 1.12. The normalized spacial score (nSPS) is 14.9. The largest absolute Gasteiger partial charge is 0.0620 e. The molecule has 1 aliphatic carbocycles. The van der Waals surface area contributed by atoms with E-state index in [1.54, 1.807) is 0 Å². The van der Waals surface area contributed by atoms with Crippen LogP contribution in [0.4, 0.5) is 0 Å². The summed E-state index contributed by atoms with van der Waals surface area (Å²) in [6.07, 6.45) is 3.78. The molecule has 0 atom stereocenters. The second kappa shape index (κ2) is 4.37. The standard InChI is InChI=1S/C17H17/c1-2-13-5-3-4-6-17(13)16-11-9-15(10-12-16)14-7-8-14/h3-6,9,11-12,14H,2,7-8H2,1H3. The van der Waals surface area contributed by atoms with E-state index in [2.05, 4.69) is 55.5 Å². The quantitative estimate of drug-likeness (QED) is 0.711. The van der Waals surface area contributed by atoms with E-state index in [0.717, 1.165) is 12.3 Å². The third-order valence-electron chi connectivity index (χ3n) is 3.56. The SMILES string of the molecule is CCc1ccccc1-c1c[c]c(C2CC2)cc1. The summed E-state index contributed by atoms with van der Waals surface area (Å²) in [4.78, 5) is 0. The lowest BCUT2D eigenvalue weighted by Crippen LogP contribution is -1.87. The van der Waals surface area contributed by atoms with Crippen LogP contribution in [0.1, 0.15) is 36.8 Å². The summed E-state index contributed by atoms with van der Waals surface area (Å²) in [7, 11) is 0. The topological polar surface area (TPSA) is 0 Å². The first-order valence-electron chi connectivity index (χ1n) is 6.48. The van der Waals surface area contributed by atoms with Gasteiger partial charge in [-0.1, -0.05) is 43.3 Å². The minimum atomic E-state index is 0.797. The molecule has 1 aliphatic rings. The molecular formula is C17H17. The van der Waals surface area contributed by atoms with Gasteiger partial charge in [0.2, 0.25) is 0 Å². The van der Waals surface area contributed by atoms with Crippen LogP contribution in [0.3, 0.4) is 0 Å². The minimum Gasteiger partial charge on any atom is -0.0620 e.